The fourth-order valence-electron chi connectivity index (χ4n) is 3.11. The summed E-state index contributed by atoms with van der Waals surface area (Å²) < 4.78 is 12.2. The number of methoxy groups -OCH3 is 1. The summed E-state index contributed by atoms with van der Waals surface area (Å²) in [5, 5.41) is 4.42. The fourth-order valence-corrected chi connectivity index (χ4v) is 3.11. The number of rotatable bonds is 5. The third kappa shape index (κ3) is 3.18. The van der Waals surface area contributed by atoms with Crippen molar-refractivity contribution in [3.63, 3.8) is 0 Å². The summed E-state index contributed by atoms with van der Waals surface area (Å²) in [7, 11) is 1.55. The van der Waals surface area contributed by atoms with Crippen molar-refractivity contribution in [3.8, 4) is 17.1 Å². The highest BCUT2D eigenvalue weighted by atomic mass is 16.5. The van der Waals surface area contributed by atoms with Crippen LogP contribution in [0.15, 0.2) is 42.5 Å². The lowest BCUT2D eigenvalue weighted by atomic mass is 10.1. The van der Waals surface area contributed by atoms with Crippen LogP contribution in [0.5, 0.6) is 5.88 Å². The number of nitrogens with zero attached hydrogens (tertiary/aromatic N) is 4. The lowest BCUT2D eigenvalue weighted by Gasteiger charge is -2.25. The van der Waals surface area contributed by atoms with Crippen LogP contribution in [0.3, 0.4) is 0 Å². The Balaban J connectivity index is 1.79. The van der Waals surface area contributed by atoms with E-state index in [-0.39, 0.29) is 5.78 Å². The maximum Gasteiger partial charge on any atom is 0.231 e. The van der Waals surface area contributed by atoms with Crippen LogP contribution in [0, 0.1) is 0 Å². The standard InChI is InChI=1S/C19H20N4O3/c1-25-17-8-7-16-20-18(14-5-3-2-4-6-14)19(23(16)21-17)15(24)13-22-9-11-26-12-10-22/h2-8H,9-13H2,1H3. The van der Waals surface area contributed by atoms with Crippen molar-refractivity contribution < 1.29 is 14.3 Å². The van der Waals surface area contributed by atoms with Gasteiger partial charge in [0.1, 0.15) is 11.4 Å². The van der Waals surface area contributed by atoms with Gasteiger partial charge in [-0.05, 0) is 6.07 Å². The number of aromatic nitrogens is 3. The van der Waals surface area contributed by atoms with E-state index in [0.717, 1.165) is 18.7 Å². The van der Waals surface area contributed by atoms with E-state index in [2.05, 4.69) is 15.0 Å². The maximum absolute atomic E-state index is 13.2. The highest BCUT2D eigenvalue weighted by Crippen LogP contribution is 2.25. The second-order valence-corrected chi connectivity index (χ2v) is 6.13. The van der Waals surface area contributed by atoms with Crippen molar-refractivity contribution in [2.24, 2.45) is 0 Å². The van der Waals surface area contributed by atoms with Gasteiger partial charge in [-0.1, -0.05) is 30.3 Å². The minimum absolute atomic E-state index is 0.0148. The third-order valence-electron chi connectivity index (χ3n) is 4.44. The van der Waals surface area contributed by atoms with Crippen LogP contribution in [-0.2, 0) is 4.74 Å². The molecule has 0 unspecified atom stereocenters. The van der Waals surface area contributed by atoms with Crippen molar-refractivity contribution in [2.45, 2.75) is 0 Å². The van der Waals surface area contributed by atoms with E-state index in [1.807, 2.05) is 36.4 Å². The monoisotopic (exact) mass is 352 g/mol. The molecule has 0 radical (unpaired) electrons. The summed E-state index contributed by atoms with van der Waals surface area (Å²) >= 11 is 0. The van der Waals surface area contributed by atoms with Crippen LogP contribution >= 0.6 is 0 Å². The Labute approximate surface area is 151 Å². The van der Waals surface area contributed by atoms with Crippen molar-refractivity contribution in [2.75, 3.05) is 40.0 Å². The smallest absolute Gasteiger partial charge is 0.231 e. The largest absolute Gasteiger partial charge is 0.480 e. The molecule has 0 N–H and O–H groups in total. The minimum atomic E-state index is -0.0148. The molecule has 4 rings (SSSR count). The number of carbonyl (C=O) groups excluding carboxylic acids is 1. The molecule has 1 aliphatic rings. The Kier molecular flexibility index (Phi) is 4.64. The lowest BCUT2D eigenvalue weighted by Crippen LogP contribution is -2.39. The molecule has 134 valence electrons. The number of fused-ring (bicyclic) bond motifs is 1. The number of ether oxygens (including phenoxy) is 2. The molecule has 0 spiro atoms. The molecule has 0 atom stereocenters. The molecule has 0 saturated carbocycles. The van der Waals surface area contributed by atoms with Gasteiger partial charge in [0.15, 0.2) is 11.4 Å². The first kappa shape index (κ1) is 16.7. The van der Waals surface area contributed by atoms with Gasteiger partial charge in [-0.3, -0.25) is 9.69 Å². The molecule has 7 nitrogen and oxygen atoms in total. The minimum Gasteiger partial charge on any atom is -0.480 e. The van der Waals surface area contributed by atoms with Crippen LogP contribution in [0.4, 0.5) is 0 Å². The molecule has 3 aromatic rings. The molecular formula is C19H20N4O3. The molecule has 26 heavy (non-hydrogen) atoms. The Morgan fingerprint density at radius 1 is 1.15 bits per heavy atom. The van der Waals surface area contributed by atoms with Crippen LogP contribution in [-0.4, -0.2) is 65.2 Å². The van der Waals surface area contributed by atoms with E-state index in [4.69, 9.17) is 9.47 Å². The molecule has 1 aliphatic heterocycles. The van der Waals surface area contributed by atoms with E-state index in [1.165, 1.54) is 0 Å². The predicted molar refractivity (Wildman–Crippen MR) is 96.6 cm³/mol. The topological polar surface area (TPSA) is 69.0 Å². The average molecular weight is 352 g/mol. The maximum atomic E-state index is 13.2. The van der Waals surface area contributed by atoms with Gasteiger partial charge in [0.05, 0.1) is 26.9 Å². The quantitative estimate of drug-likeness (QED) is 0.654. The van der Waals surface area contributed by atoms with Crippen molar-refractivity contribution in [1.29, 1.82) is 0 Å². The summed E-state index contributed by atoms with van der Waals surface area (Å²) in [5.74, 6) is 0.425. The summed E-state index contributed by atoms with van der Waals surface area (Å²) in [6.07, 6.45) is 0. The summed E-state index contributed by atoms with van der Waals surface area (Å²) in [5.41, 5.74) is 2.64. The first-order chi connectivity index (χ1) is 12.8. The Hall–Kier alpha value is -2.77. The van der Waals surface area contributed by atoms with Gasteiger partial charge in [0.25, 0.3) is 0 Å². The van der Waals surface area contributed by atoms with Crippen molar-refractivity contribution >= 4 is 11.4 Å². The van der Waals surface area contributed by atoms with E-state index < -0.39 is 0 Å². The molecule has 1 saturated heterocycles. The van der Waals surface area contributed by atoms with Crippen molar-refractivity contribution in [3.05, 3.63) is 48.2 Å². The second kappa shape index (κ2) is 7.23. The summed E-state index contributed by atoms with van der Waals surface area (Å²) in [6.45, 7) is 3.12. The first-order valence-electron chi connectivity index (χ1n) is 8.59. The SMILES string of the molecule is COc1ccc2nc(-c3ccccc3)c(C(=O)CN3CCOCC3)n2n1. The lowest BCUT2D eigenvalue weighted by molar-refractivity contribution is 0.0370. The molecule has 0 aliphatic carbocycles. The second-order valence-electron chi connectivity index (χ2n) is 6.13. The molecule has 1 fully saturated rings. The normalized spacial score (nSPS) is 15.3. The predicted octanol–water partition coefficient (Wildman–Crippen LogP) is 1.92. The summed E-state index contributed by atoms with van der Waals surface area (Å²) in [6, 6.07) is 13.3. The van der Waals surface area contributed by atoms with Crippen LogP contribution in [0.2, 0.25) is 0 Å². The molecule has 7 heteroatoms. The van der Waals surface area contributed by atoms with Crippen LogP contribution in [0.25, 0.3) is 16.9 Å². The van der Waals surface area contributed by atoms with Gasteiger partial charge in [0.2, 0.25) is 5.88 Å². The highest BCUT2D eigenvalue weighted by Gasteiger charge is 2.24. The first-order valence-corrected chi connectivity index (χ1v) is 8.59. The molecular weight excluding hydrogens is 332 g/mol. The molecule has 0 amide bonds. The van der Waals surface area contributed by atoms with Gasteiger partial charge in [-0.25, -0.2) is 9.50 Å². The summed E-state index contributed by atoms with van der Waals surface area (Å²) in [4.78, 5) is 19.9. The number of benzene rings is 1. The Bertz CT molecular complexity index is 917. The third-order valence-corrected chi connectivity index (χ3v) is 4.44. The zero-order valence-corrected chi connectivity index (χ0v) is 14.6. The van der Waals surface area contributed by atoms with Crippen LogP contribution < -0.4 is 4.74 Å². The fraction of sp³-hybridized carbons (Fsp3) is 0.316. The van der Waals surface area contributed by atoms with E-state index in [1.54, 1.807) is 17.7 Å². The van der Waals surface area contributed by atoms with Gasteiger partial charge in [0, 0.05) is 24.7 Å². The Morgan fingerprint density at radius 3 is 2.65 bits per heavy atom. The van der Waals surface area contributed by atoms with Crippen molar-refractivity contribution in [1.82, 2.24) is 19.5 Å². The molecule has 2 aromatic heterocycles. The zero-order valence-electron chi connectivity index (χ0n) is 14.6. The number of ketones is 1. The van der Waals surface area contributed by atoms with Gasteiger partial charge < -0.3 is 9.47 Å². The Morgan fingerprint density at radius 2 is 1.92 bits per heavy atom. The van der Waals surface area contributed by atoms with E-state index in [9.17, 15) is 4.79 Å². The molecule has 1 aromatic carbocycles. The number of Topliss-reactive ketones (excluding diaryl/α,β-unsaturated/α-hetero) is 1. The number of hydrogen-bond acceptors (Lipinski definition) is 6. The average Bonchev–Trinajstić information content (AvgIpc) is 3.08. The van der Waals surface area contributed by atoms with Crippen LogP contribution in [0.1, 0.15) is 10.5 Å². The number of hydrogen-bond donors (Lipinski definition) is 0. The van der Waals surface area contributed by atoms with E-state index >= 15 is 0 Å². The van der Waals surface area contributed by atoms with Gasteiger partial charge >= 0.3 is 0 Å². The zero-order chi connectivity index (χ0) is 17.9. The molecule has 0 bridgehead atoms. The number of carbonyl (C=O) groups is 1. The van der Waals surface area contributed by atoms with Gasteiger partial charge in [-0.15, -0.1) is 5.10 Å². The van der Waals surface area contributed by atoms with E-state index in [0.29, 0.717) is 42.7 Å². The number of imidazole rings is 1. The number of morpholine rings is 1. The van der Waals surface area contributed by atoms with Gasteiger partial charge in [-0.2, -0.15) is 0 Å². The highest BCUT2D eigenvalue weighted by molar-refractivity contribution is 6.02. The molecule has 3 heterocycles.